The van der Waals surface area contributed by atoms with Crippen molar-refractivity contribution in [2.75, 3.05) is 11.9 Å². The summed E-state index contributed by atoms with van der Waals surface area (Å²) < 4.78 is 4.20. The molecule has 0 aliphatic heterocycles. The quantitative estimate of drug-likeness (QED) is 0.792. The van der Waals surface area contributed by atoms with Crippen molar-refractivity contribution in [3.8, 4) is 0 Å². The average Bonchev–Trinajstić information content (AvgIpc) is 2.52. The molecule has 0 atom stereocenters. The maximum atomic E-state index is 4.32. The van der Waals surface area contributed by atoms with E-state index in [-0.39, 0.29) is 0 Å². The monoisotopic (exact) mass is 199 g/mol. The minimum atomic E-state index is 0.742. The maximum Gasteiger partial charge on any atom is 0.202 e. The number of nitrogens with one attached hydrogen (secondary N) is 1. The fourth-order valence-electron chi connectivity index (χ4n) is 0.937. The van der Waals surface area contributed by atoms with Gasteiger partial charge in [0.15, 0.2) is 0 Å². The minimum absolute atomic E-state index is 0.742. The van der Waals surface area contributed by atoms with Crippen LogP contribution in [-0.4, -0.2) is 15.9 Å². The van der Waals surface area contributed by atoms with Gasteiger partial charge in [0.2, 0.25) is 5.13 Å². The molecular formula is C9H17N3S. The normalized spacial score (nSPS) is 10.8. The van der Waals surface area contributed by atoms with Crippen LogP contribution in [0.2, 0.25) is 0 Å². The van der Waals surface area contributed by atoms with Gasteiger partial charge in [-0.2, -0.15) is 4.37 Å². The fourth-order valence-corrected chi connectivity index (χ4v) is 1.61. The average molecular weight is 199 g/mol. The molecule has 0 spiro atoms. The van der Waals surface area contributed by atoms with Crippen molar-refractivity contribution in [2.45, 2.75) is 33.6 Å². The second-order valence-corrected chi connectivity index (χ2v) is 4.23. The Labute approximate surface area is 83.8 Å². The Morgan fingerprint density at radius 2 is 2.23 bits per heavy atom. The lowest BCUT2D eigenvalue weighted by atomic mass is 10.1. The summed E-state index contributed by atoms with van der Waals surface area (Å²) in [6.07, 6.45) is 2.10. The number of anilines is 1. The second-order valence-electron chi connectivity index (χ2n) is 3.48. The molecule has 1 aromatic heterocycles. The van der Waals surface area contributed by atoms with E-state index in [0.717, 1.165) is 29.8 Å². The smallest absolute Gasteiger partial charge is 0.202 e. The van der Waals surface area contributed by atoms with E-state index in [1.54, 1.807) is 0 Å². The number of nitrogens with zero attached hydrogens (tertiary/aromatic N) is 2. The molecule has 0 unspecified atom stereocenters. The second kappa shape index (κ2) is 5.17. The molecule has 0 amide bonds. The van der Waals surface area contributed by atoms with Gasteiger partial charge in [0.1, 0.15) is 5.82 Å². The van der Waals surface area contributed by atoms with Crippen molar-refractivity contribution in [3.63, 3.8) is 0 Å². The molecule has 0 fully saturated rings. The van der Waals surface area contributed by atoms with Crippen LogP contribution in [0.25, 0.3) is 0 Å². The van der Waals surface area contributed by atoms with Crippen LogP contribution in [0.15, 0.2) is 0 Å². The highest BCUT2D eigenvalue weighted by Gasteiger charge is 2.00. The van der Waals surface area contributed by atoms with Crippen LogP contribution in [0.4, 0.5) is 5.13 Å². The third-order valence-electron chi connectivity index (χ3n) is 1.78. The highest BCUT2D eigenvalue weighted by atomic mass is 32.1. The first-order valence-corrected chi connectivity index (χ1v) is 5.56. The van der Waals surface area contributed by atoms with Crippen molar-refractivity contribution in [2.24, 2.45) is 5.92 Å². The number of hydrogen-bond acceptors (Lipinski definition) is 4. The SMILES string of the molecule is CCc1nsc(NCCC(C)C)n1. The van der Waals surface area contributed by atoms with Crippen LogP contribution in [-0.2, 0) is 6.42 Å². The topological polar surface area (TPSA) is 37.8 Å². The van der Waals surface area contributed by atoms with Gasteiger partial charge in [-0.1, -0.05) is 20.8 Å². The summed E-state index contributed by atoms with van der Waals surface area (Å²) in [6.45, 7) is 7.51. The molecule has 1 aromatic rings. The molecule has 1 heterocycles. The fraction of sp³-hybridized carbons (Fsp3) is 0.778. The first kappa shape index (κ1) is 10.4. The van der Waals surface area contributed by atoms with Gasteiger partial charge >= 0.3 is 0 Å². The minimum Gasteiger partial charge on any atom is -0.360 e. The maximum absolute atomic E-state index is 4.32. The number of rotatable bonds is 5. The van der Waals surface area contributed by atoms with Crippen molar-refractivity contribution in [3.05, 3.63) is 5.82 Å². The zero-order valence-electron chi connectivity index (χ0n) is 8.50. The predicted octanol–water partition coefficient (Wildman–Crippen LogP) is 2.56. The molecule has 0 aliphatic carbocycles. The lowest BCUT2D eigenvalue weighted by molar-refractivity contribution is 0.607. The molecule has 1 rings (SSSR count). The molecule has 0 bridgehead atoms. The zero-order valence-corrected chi connectivity index (χ0v) is 9.32. The summed E-state index contributed by atoms with van der Waals surface area (Å²) in [5.41, 5.74) is 0. The van der Waals surface area contributed by atoms with Crippen LogP contribution < -0.4 is 5.32 Å². The molecule has 1 N–H and O–H groups in total. The van der Waals surface area contributed by atoms with Crippen LogP contribution in [0.5, 0.6) is 0 Å². The summed E-state index contributed by atoms with van der Waals surface area (Å²) in [4.78, 5) is 4.32. The van der Waals surface area contributed by atoms with Crippen LogP contribution in [0.1, 0.15) is 33.0 Å². The molecule has 0 saturated carbocycles. The van der Waals surface area contributed by atoms with E-state index in [0.29, 0.717) is 0 Å². The molecule has 13 heavy (non-hydrogen) atoms. The van der Waals surface area contributed by atoms with E-state index in [1.807, 2.05) is 0 Å². The molecule has 3 nitrogen and oxygen atoms in total. The molecule has 0 radical (unpaired) electrons. The van der Waals surface area contributed by atoms with Gasteiger partial charge in [0.05, 0.1) is 0 Å². The Morgan fingerprint density at radius 3 is 2.77 bits per heavy atom. The lowest BCUT2D eigenvalue weighted by Crippen LogP contribution is -2.04. The standard InChI is InChI=1S/C9H17N3S/c1-4-8-11-9(13-12-8)10-6-5-7(2)3/h7H,4-6H2,1-3H3,(H,10,11,12). The van der Waals surface area contributed by atoms with Crippen LogP contribution in [0.3, 0.4) is 0 Å². The van der Waals surface area contributed by atoms with Crippen molar-refractivity contribution >= 4 is 16.7 Å². The summed E-state index contributed by atoms with van der Waals surface area (Å²) in [5, 5.41) is 4.23. The highest BCUT2D eigenvalue weighted by molar-refractivity contribution is 7.09. The number of aryl methyl sites for hydroxylation is 1. The summed E-state index contributed by atoms with van der Waals surface area (Å²) >= 11 is 1.45. The van der Waals surface area contributed by atoms with Gasteiger partial charge in [-0.15, -0.1) is 0 Å². The number of aromatic nitrogens is 2. The Balaban J connectivity index is 2.28. The Morgan fingerprint density at radius 1 is 1.46 bits per heavy atom. The van der Waals surface area contributed by atoms with Crippen molar-refractivity contribution in [1.29, 1.82) is 0 Å². The van der Waals surface area contributed by atoms with Gasteiger partial charge in [-0.05, 0) is 12.3 Å². The molecule has 74 valence electrons. The Bertz CT molecular complexity index is 245. The third kappa shape index (κ3) is 3.72. The van der Waals surface area contributed by atoms with Gasteiger partial charge in [-0.25, -0.2) is 4.98 Å². The molecule has 0 aliphatic rings. The van der Waals surface area contributed by atoms with E-state index in [4.69, 9.17) is 0 Å². The first-order chi connectivity index (χ1) is 6.22. The molecule has 4 heteroatoms. The molecular weight excluding hydrogens is 182 g/mol. The van der Waals surface area contributed by atoms with E-state index < -0.39 is 0 Å². The largest absolute Gasteiger partial charge is 0.360 e. The Kier molecular flexibility index (Phi) is 4.15. The summed E-state index contributed by atoms with van der Waals surface area (Å²) in [6, 6.07) is 0. The summed E-state index contributed by atoms with van der Waals surface area (Å²) in [7, 11) is 0. The Hall–Kier alpha value is -0.640. The highest BCUT2D eigenvalue weighted by Crippen LogP contribution is 2.11. The van der Waals surface area contributed by atoms with Gasteiger partial charge < -0.3 is 5.32 Å². The van der Waals surface area contributed by atoms with E-state index in [1.165, 1.54) is 18.0 Å². The molecule has 0 saturated heterocycles. The predicted molar refractivity (Wildman–Crippen MR) is 57.2 cm³/mol. The van der Waals surface area contributed by atoms with Gasteiger partial charge in [-0.3, -0.25) is 0 Å². The summed E-state index contributed by atoms with van der Waals surface area (Å²) in [5.74, 6) is 1.68. The third-order valence-corrected chi connectivity index (χ3v) is 2.49. The van der Waals surface area contributed by atoms with E-state index >= 15 is 0 Å². The van der Waals surface area contributed by atoms with E-state index in [2.05, 4.69) is 35.4 Å². The lowest BCUT2D eigenvalue weighted by Gasteiger charge is -2.03. The van der Waals surface area contributed by atoms with Crippen LogP contribution in [0, 0.1) is 5.92 Å². The van der Waals surface area contributed by atoms with Crippen molar-refractivity contribution < 1.29 is 0 Å². The molecule has 0 aromatic carbocycles. The zero-order chi connectivity index (χ0) is 9.68. The van der Waals surface area contributed by atoms with Gasteiger partial charge in [0.25, 0.3) is 0 Å². The van der Waals surface area contributed by atoms with Crippen LogP contribution >= 0.6 is 11.5 Å². The van der Waals surface area contributed by atoms with Gasteiger partial charge in [0, 0.05) is 24.5 Å². The first-order valence-electron chi connectivity index (χ1n) is 4.78. The number of hydrogen-bond donors (Lipinski definition) is 1. The van der Waals surface area contributed by atoms with E-state index in [9.17, 15) is 0 Å². The van der Waals surface area contributed by atoms with Crippen molar-refractivity contribution in [1.82, 2.24) is 9.36 Å².